The Hall–Kier alpha value is -3.80. The number of benzene rings is 2. The van der Waals surface area contributed by atoms with Gasteiger partial charge >= 0.3 is 5.97 Å². The zero-order valence-electron chi connectivity index (χ0n) is 18.3. The van der Waals surface area contributed by atoms with Gasteiger partial charge in [0.1, 0.15) is 17.0 Å². The zero-order chi connectivity index (χ0) is 25.2. The maximum absolute atomic E-state index is 13.7. The standard InChI is InChI=1S/C22H21F2N3O6S/c1-12(13-7-9-14(10-8-13)22(29)30)25-20(28)17-18(19(23)24)26-27(2)21(17)33-15-5-4-6-16(11-15)34(3,31)32/h4-12,19H,1-3H3,(H,25,28)(H,29,30). The topological polar surface area (TPSA) is 128 Å². The number of alkyl halides is 2. The van der Waals surface area contributed by atoms with Crippen LogP contribution in [0.5, 0.6) is 11.6 Å². The van der Waals surface area contributed by atoms with Crippen molar-refractivity contribution >= 4 is 21.7 Å². The van der Waals surface area contributed by atoms with Gasteiger partial charge < -0.3 is 15.2 Å². The normalized spacial score (nSPS) is 12.4. The van der Waals surface area contributed by atoms with Gasteiger partial charge in [0.05, 0.1) is 16.5 Å². The number of aromatic nitrogens is 2. The maximum Gasteiger partial charge on any atom is 0.335 e. The van der Waals surface area contributed by atoms with Crippen LogP contribution in [0.15, 0.2) is 53.4 Å². The van der Waals surface area contributed by atoms with Gasteiger partial charge in [-0.1, -0.05) is 18.2 Å². The highest BCUT2D eigenvalue weighted by molar-refractivity contribution is 7.90. The minimum atomic E-state index is -3.56. The number of hydrogen-bond acceptors (Lipinski definition) is 6. The number of ether oxygens (including phenoxy) is 1. The second-order valence-corrected chi connectivity index (χ2v) is 9.48. The van der Waals surface area contributed by atoms with Crippen molar-refractivity contribution in [2.45, 2.75) is 24.3 Å². The molecule has 2 N–H and O–H groups in total. The van der Waals surface area contributed by atoms with E-state index < -0.39 is 45.4 Å². The quantitative estimate of drug-likeness (QED) is 0.489. The molecule has 0 aliphatic rings. The van der Waals surface area contributed by atoms with E-state index in [9.17, 15) is 26.8 Å². The van der Waals surface area contributed by atoms with Crippen LogP contribution in [0.4, 0.5) is 8.78 Å². The van der Waals surface area contributed by atoms with Crippen LogP contribution >= 0.6 is 0 Å². The Morgan fingerprint density at radius 3 is 2.35 bits per heavy atom. The summed E-state index contributed by atoms with van der Waals surface area (Å²) >= 11 is 0. The number of hydrogen-bond donors (Lipinski definition) is 2. The molecule has 3 rings (SSSR count). The molecular weight excluding hydrogens is 472 g/mol. The van der Waals surface area contributed by atoms with Gasteiger partial charge in [-0.3, -0.25) is 4.79 Å². The minimum Gasteiger partial charge on any atom is -0.478 e. The third-order valence-electron chi connectivity index (χ3n) is 4.91. The van der Waals surface area contributed by atoms with E-state index in [0.29, 0.717) is 5.56 Å². The van der Waals surface area contributed by atoms with Crippen LogP contribution in [0.25, 0.3) is 0 Å². The molecule has 3 aromatic rings. The largest absolute Gasteiger partial charge is 0.478 e. The van der Waals surface area contributed by atoms with E-state index in [0.717, 1.165) is 10.9 Å². The Bertz CT molecular complexity index is 1340. The van der Waals surface area contributed by atoms with E-state index in [1.165, 1.54) is 55.6 Å². The van der Waals surface area contributed by atoms with Crippen molar-refractivity contribution in [3.8, 4) is 11.6 Å². The summed E-state index contributed by atoms with van der Waals surface area (Å²) in [5.74, 6) is -2.29. The molecule has 0 saturated carbocycles. The molecule has 1 aromatic heterocycles. The number of nitrogens with one attached hydrogen (secondary N) is 1. The van der Waals surface area contributed by atoms with Gasteiger partial charge in [0.15, 0.2) is 9.84 Å². The first-order chi connectivity index (χ1) is 15.9. The van der Waals surface area contributed by atoms with Gasteiger partial charge in [0.2, 0.25) is 5.88 Å². The van der Waals surface area contributed by atoms with Crippen molar-refractivity contribution < 1.29 is 36.6 Å². The van der Waals surface area contributed by atoms with E-state index in [1.54, 1.807) is 6.92 Å². The number of nitrogens with zero attached hydrogens (tertiary/aromatic N) is 2. The van der Waals surface area contributed by atoms with Crippen LogP contribution in [0.2, 0.25) is 0 Å². The molecule has 2 aromatic carbocycles. The van der Waals surface area contributed by atoms with Crippen LogP contribution in [0.3, 0.4) is 0 Å². The molecule has 1 atom stereocenters. The van der Waals surface area contributed by atoms with Crippen molar-refractivity contribution in [3.05, 3.63) is 70.9 Å². The molecule has 0 bridgehead atoms. The first-order valence-corrected chi connectivity index (χ1v) is 11.7. The fourth-order valence-electron chi connectivity index (χ4n) is 3.16. The van der Waals surface area contributed by atoms with Crippen LogP contribution in [0, 0.1) is 0 Å². The molecule has 1 unspecified atom stereocenters. The molecule has 0 radical (unpaired) electrons. The van der Waals surface area contributed by atoms with Crippen LogP contribution in [0.1, 0.15) is 51.4 Å². The number of carboxylic acids is 1. The van der Waals surface area contributed by atoms with Gasteiger partial charge in [0.25, 0.3) is 12.3 Å². The number of aryl methyl sites for hydroxylation is 1. The first-order valence-electron chi connectivity index (χ1n) is 9.85. The highest BCUT2D eigenvalue weighted by Crippen LogP contribution is 2.33. The molecule has 1 amide bonds. The smallest absolute Gasteiger partial charge is 0.335 e. The lowest BCUT2D eigenvalue weighted by molar-refractivity contribution is 0.0696. The summed E-state index contributed by atoms with van der Waals surface area (Å²) in [6.45, 7) is 1.60. The van der Waals surface area contributed by atoms with E-state index in [4.69, 9.17) is 9.84 Å². The van der Waals surface area contributed by atoms with Crippen molar-refractivity contribution in [2.75, 3.05) is 6.26 Å². The van der Waals surface area contributed by atoms with Gasteiger partial charge in [-0.2, -0.15) is 5.10 Å². The fraction of sp³-hybridized carbons (Fsp3) is 0.227. The molecular formula is C22H21F2N3O6S. The summed E-state index contributed by atoms with van der Waals surface area (Å²) in [6.07, 6.45) is -2.08. The SMILES string of the molecule is CC(NC(=O)c1c(C(F)F)nn(C)c1Oc1cccc(S(C)(=O)=O)c1)c1ccc(C(=O)O)cc1. The summed E-state index contributed by atoms with van der Waals surface area (Å²) in [6, 6.07) is 10.4. The number of sulfone groups is 1. The lowest BCUT2D eigenvalue weighted by Gasteiger charge is -2.16. The molecule has 12 heteroatoms. The summed E-state index contributed by atoms with van der Waals surface area (Å²) in [7, 11) is -2.24. The Morgan fingerprint density at radius 1 is 1.15 bits per heavy atom. The molecule has 0 saturated heterocycles. The summed E-state index contributed by atoms with van der Waals surface area (Å²) in [5.41, 5.74) is -0.704. The third kappa shape index (κ3) is 5.39. The monoisotopic (exact) mass is 493 g/mol. The second-order valence-electron chi connectivity index (χ2n) is 7.46. The van der Waals surface area contributed by atoms with E-state index in [2.05, 4.69) is 10.4 Å². The number of aromatic carboxylic acids is 1. The highest BCUT2D eigenvalue weighted by atomic mass is 32.2. The van der Waals surface area contributed by atoms with E-state index >= 15 is 0 Å². The lowest BCUT2D eigenvalue weighted by Crippen LogP contribution is -2.27. The number of rotatable bonds is 8. The minimum absolute atomic E-state index is 0.0121. The predicted octanol–water partition coefficient (Wildman–Crippen LogP) is 3.74. The van der Waals surface area contributed by atoms with Crippen molar-refractivity contribution in [3.63, 3.8) is 0 Å². The fourth-order valence-corrected chi connectivity index (χ4v) is 3.81. The van der Waals surface area contributed by atoms with Crippen molar-refractivity contribution in [2.24, 2.45) is 7.05 Å². The second kappa shape index (κ2) is 9.59. The van der Waals surface area contributed by atoms with E-state index in [-0.39, 0.29) is 22.1 Å². The lowest BCUT2D eigenvalue weighted by atomic mass is 10.1. The average Bonchev–Trinajstić information content (AvgIpc) is 3.09. The average molecular weight is 493 g/mol. The Kier molecular flexibility index (Phi) is 7.01. The molecule has 34 heavy (non-hydrogen) atoms. The third-order valence-corrected chi connectivity index (χ3v) is 6.02. The van der Waals surface area contributed by atoms with Crippen LogP contribution in [-0.4, -0.2) is 41.4 Å². The molecule has 0 aliphatic carbocycles. The zero-order valence-corrected chi connectivity index (χ0v) is 19.1. The molecule has 1 heterocycles. The Morgan fingerprint density at radius 2 is 1.79 bits per heavy atom. The van der Waals surface area contributed by atoms with Gasteiger partial charge in [-0.05, 0) is 42.8 Å². The van der Waals surface area contributed by atoms with Gasteiger partial charge in [-0.25, -0.2) is 26.7 Å². The molecule has 9 nitrogen and oxygen atoms in total. The Labute approximate surface area is 193 Å². The van der Waals surface area contributed by atoms with Gasteiger partial charge in [0, 0.05) is 13.3 Å². The molecule has 0 fully saturated rings. The number of amides is 1. The first kappa shape index (κ1) is 24.8. The molecule has 0 spiro atoms. The number of carbonyl (C=O) groups is 2. The molecule has 180 valence electrons. The van der Waals surface area contributed by atoms with E-state index in [1.807, 2.05) is 0 Å². The number of carbonyl (C=O) groups excluding carboxylic acids is 1. The van der Waals surface area contributed by atoms with Crippen LogP contribution < -0.4 is 10.1 Å². The predicted molar refractivity (Wildman–Crippen MR) is 117 cm³/mol. The van der Waals surface area contributed by atoms with Crippen molar-refractivity contribution in [1.82, 2.24) is 15.1 Å². The summed E-state index contributed by atoms with van der Waals surface area (Å²) in [5, 5.41) is 15.3. The van der Waals surface area contributed by atoms with Crippen molar-refractivity contribution in [1.29, 1.82) is 0 Å². The Balaban J connectivity index is 1.94. The highest BCUT2D eigenvalue weighted by Gasteiger charge is 2.30. The summed E-state index contributed by atoms with van der Waals surface area (Å²) in [4.78, 5) is 24.0. The van der Waals surface area contributed by atoms with Crippen LogP contribution in [-0.2, 0) is 16.9 Å². The van der Waals surface area contributed by atoms with Gasteiger partial charge in [-0.15, -0.1) is 0 Å². The molecule has 0 aliphatic heterocycles. The summed E-state index contributed by atoms with van der Waals surface area (Å²) < 4.78 is 57.6. The number of carboxylic acid groups (broad SMARTS) is 1. The number of halogens is 2. The maximum atomic E-state index is 13.7.